The number of unbranched alkanes of at least 4 members (excludes halogenated alkanes) is 19. The largest absolute Gasteiger partial charge is 0.462 e. The molecule has 0 radical (unpaired) electrons. The van der Waals surface area contributed by atoms with E-state index >= 15 is 0 Å². The maximum atomic E-state index is 12.9. The van der Waals surface area contributed by atoms with Gasteiger partial charge in [-0.1, -0.05) is 231 Å². The number of carbonyl (C=O) groups excluding carboxylic acids is 3. The van der Waals surface area contributed by atoms with Gasteiger partial charge >= 0.3 is 17.9 Å². The van der Waals surface area contributed by atoms with Crippen molar-refractivity contribution in [3.8, 4) is 0 Å². The van der Waals surface area contributed by atoms with E-state index in [4.69, 9.17) is 14.2 Å². The van der Waals surface area contributed by atoms with Crippen LogP contribution in [0.5, 0.6) is 0 Å². The van der Waals surface area contributed by atoms with Gasteiger partial charge in [0.25, 0.3) is 0 Å². The van der Waals surface area contributed by atoms with Crippen LogP contribution in [0.1, 0.15) is 252 Å². The Labute approximate surface area is 449 Å². The van der Waals surface area contributed by atoms with Gasteiger partial charge in [0, 0.05) is 19.3 Å². The summed E-state index contributed by atoms with van der Waals surface area (Å²) >= 11 is 0. The summed E-state index contributed by atoms with van der Waals surface area (Å²) in [6.45, 7) is 6.34. The summed E-state index contributed by atoms with van der Waals surface area (Å²) in [5, 5.41) is 0. The van der Waals surface area contributed by atoms with Crippen molar-refractivity contribution in [1.82, 2.24) is 0 Å². The van der Waals surface area contributed by atoms with Crippen LogP contribution in [-0.2, 0) is 28.6 Å². The SMILES string of the molecule is CC/C=C\C/C=C\C/C=C\C/C=C\C/C=C\C/C=C\CCCCCCC(=O)OCC(COC(=O)CCCC/C=C\C/C=C\C/C=C\C/C=C\CC)OC(=O)CCCCCCCCC/C=C\CCCCCCCC. The minimum atomic E-state index is -0.814. The van der Waals surface area contributed by atoms with Gasteiger partial charge in [0.15, 0.2) is 6.10 Å². The fourth-order valence-electron chi connectivity index (χ4n) is 7.72. The molecule has 0 aromatic heterocycles. The molecule has 1 unspecified atom stereocenters. The second-order valence-corrected chi connectivity index (χ2v) is 19.1. The van der Waals surface area contributed by atoms with E-state index in [2.05, 4.69) is 154 Å². The first kappa shape index (κ1) is 68.6. The number of hydrogen-bond donors (Lipinski definition) is 0. The Morgan fingerprint density at radius 3 is 0.877 bits per heavy atom. The monoisotopic (exact) mass is 1010 g/mol. The lowest BCUT2D eigenvalue weighted by molar-refractivity contribution is -0.167. The number of ether oxygens (including phenoxy) is 3. The number of rotatable bonds is 52. The van der Waals surface area contributed by atoms with Gasteiger partial charge in [0.2, 0.25) is 0 Å². The normalized spacial score (nSPS) is 13.1. The molecule has 6 nitrogen and oxygen atoms in total. The predicted molar refractivity (Wildman–Crippen MR) is 316 cm³/mol. The molecule has 0 fully saturated rings. The molecule has 0 aliphatic heterocycles. The summed E-state index contributed by atoms with van der Waals surface area (Å²) in [5.41, 5.74) is 0. The summed E-state index contributed by atoms with van der Waals surface area (Å²) < 4.78 is 16.8. The van der Waals surface area contributed by atoms with Crippen LogP contribution >= 0.6 is 0 Å². The number of carbonyl (C=O) groups is 3. The molecule has 0 spiro atoms. The highest BCUT2D eigenvalue weighted by atomic mass is 16.6. The lowest BCUT2D eigenvalue weighted by Crippen LogP contribution is -2.30. The molecule has 0 heterocycles. The summed E-state index contributed by atoms with van der Waals surface area (Å²) in [4.78, 5) is 38.2. The first-order valence-corrected chi connectivity index (χ1v) is 29.7. The van der Waals surface area contributed by atoms with Crippen molar-refractivity contribution in [2.75, 3.05) is 13.2 Å². The molecule has 0 bridgehead atoms. The Morgan fingerprint density at radius 1 is 0.288 bits per heavy atom. The molecule has 412 valence electrons. The van der Waals surface area contributed by atoms with Gasteiger partial charge in [-0.15, -0.1) is 0 Å². The van der Waals surface area contributed by atoms with E-state index in [9.17, 15) is 14.4 Å². The lowest BCUT2D eigenvalue weighted by Gasteiger charge is -2.18. The van der Waals surface area contributed by atoms with E-state index in [1.54, 1.807) is 0 Å². The zero-order valence-corrected chi connectivity index (χ0v) is 47.1. The van der Waals surface area contributed by atoms with Gasteiger partial charge in [0.05, 0.1) is 0 Å². The molecule has 0 N–H and O–H groups in total. The maximum absolute atomic E-state index is 12.9. The Balaban J connectivity index is 4.50. The van der Waals surface area contributed by atoms with E-state index in [0.717, 1.165) is 128 Å². The lowest BCUT2D eigenvalue weighted by atomic mass is 10.1. The second-order valence-electron chi connectivity index (χ2n) is 19.1. The quantitative estimate of drug-likeness (QED) is 0.0261. The van der Waals surface area contributed by atoms with Crippen molar-refractivity contribution in [2.24, 2.45) is 0 Å². The minimum Gasteiger partial charge on any atom is -0.462 e. The van der Waals surface area contributed by atoms with Crippen LogP contribution in [0, 0.1) is 0 Å². The van der Waals surface area contributed by atoms with Crippen LogP contribution in [-0.4, -0.2) is 37.2 Å². The summed E-state index contributed by atoms with van der Waals surface area (Å²) in [6.07, 6.45) is 84.4. The van der Waals surface area contributed by atoms with Gasteiger partial charge in [-0.25, -0.2) is 0 Å². The molecule has 0 aliphatic carbocycles. The predicted octanol–water partition coefficient (Wildman–Crippen LogP) is 20.2. The van der Waals surface area contributed by atoms with Crippen LogP contribution in [0.4, 0.5) is 0 Å². The average molecular weight is 1010 g/mol. The van der Waals surface area contributed by atoms with Crippen molar-refractivity contribution in [3.63, 3.8) is 0 Å². The second kappa shape index (κ2) is 60.1. The smallest absolute Gasteiger partial charge is 0.306 e. The van der Waals surface area contributed by atoms with E-state index in [1.165, 1.54) is 77.0 Å². The van der Waals surface area contributed by atoms with Crippen molar-refractivity contribution in [1.29, 1.82) is 0 Å². The molecule has 0 aromatic rings. The molecule has 0 aromatic carbocycles. The highest BCUT2D eigenvalue weighted by Crippen LogP contribution is 2.14. The number of hydrogen-bond acceptors (Lipinski definition) is 6. The summed E-state index contributed by atoms with van der Waals surface area (Å²) in [7, 11) is 0. The fourth-order valence-corrected chi connectivity index (χ4v) is 7.72. The molecule has 0 aliphatic rings. The van der Waals surface area contributed by atoms with Crippen LogP contribution in [0.25, 0.3) is 0 Å². The molecular formula is C67H108O6. The molecule has 0 rings (SSSR count). The van der Waals surface area contributed by atoms with Crippen molar-refractivity contribution in [3.05, 3.63) is 134 Å². The Kier molecular flexibility index (Phi) is 56.4. The molecule has 0 saturated carbocycles. The van der Waals surface area contributed by atoms with Gasteiger partial charge in [0.1, 0.15) is 13.2 Å². The molecular weight excluding hydrogens is 901 g/mol. The third-order valence-electron chi connectivity index (χ3n) is 12.1. The molecule has 1 atom stereocenters. The Hall–Kier alpha value is -4.45. The third kappa shape index (κ3) is 58.3. The van der Waals surface area contributed by atoms with Crippen LogP contribution in [0.15, 0.2) is 134 Å². The molecule has 73 heavy (non-hydrogen) atoms. The van der Waals surface area contributed by atoms with Crippen molar-refractivity contribution < 1.29 is 28.6 Å². The molecule has 0 amide bonds. The van der Waals surface area contributed by atoms with E-state index < -0.39 is 6.10 Å². The van der Waals surface area contributed by atoms with E-state index in [1.807, 2.05) is 0 Å². The van der Waals surface area contributed by atoms with Gasteiger partial charge in [-0.3, -0.25) is 14.4 Å². The average Bonchev–Trinajstić information content (AvgIpc) is 3.39. The third-order valence-corrected chi connectivity index (χ3v) is 12.1. The van der Waals surface area contributed by atoms with Crippen molar-refractivity contribution in [2.45, 2.75) is 258 Å². The first-order valence-electron chi connectivity index (χ1n) is 29.7. The van der Waals surface area contributed by atoms with Gasteiger partial charge < -0.3 is 14.2 Å². The number of esters is 3. The van der Waals surface area contributed by atoms with Crippen LogP contribution < -0.4 is 0 Å². The van der Waals surface area contributed by atoms with E-state index in [0.29, 0.717) is 25.7 Å². The molecule has 6 heteroatoms. The molecule has 0 saturated heterocycles. The first-order chi connectivity index (χ1) is 36.0. The van der Waals surface area contributed by atoms with Crippen molar-refractivity contribution >= 4 is 17.9 Å². The fraction of sp³-hybridized carbons (Fsp3) is 0.627. The van der Waals surface area contributed by atoms with Gasteiger partial charge in [-0.2, -0.15) is 0 Å². The maximum Gasteiger partial charge on any atom is 0.306 e. The zero-order chi connectivity index (χ0) is 52.9. The summed E-state index contributed by atoms with van der Waals surface area (Å²) in [6, 6.07) is 0. The standard InChI is InChI=1S/C67H108O6/c1-4-7-10-13-16-19-22-25-28-30-31-32-33-34-35-37-39-42-45-48-51-54-57-60-66(69)72-63-64(62-71-65(68)59-56-53-50-47-44-41-38-27-24-21-18-15-12-9-6-3)73-67(70)61-58-55-52-49-46-43-40-36-29-26-23-20-17-14-11-8-5-2/h7,9-10,12,16,18-19,21,25-29,31-32,34-35,38-39,42,44,47,64H,4-6,8,11,13-15,17,20,22-24,30,33,36-37,40-41,43,45-46,48-63H2,1-3H3/b10-7-,12-9-,19-16-,21-18-,28-25-,29-26-,32-31-,35-34-,38-27-,42-39-,47-44-. The minimum absolute atomic E-state index is 0.111. The Bertz CT molecular complexity index is 1580. The van der Waals surface area contributed by atoms with Gasteiger partial charge in [-0.05, 0) is 135 Å². The highest BCUT2D eigenvalue weighted by molar-refractivity contribution is 5.71. The van der Waals surface area contributed by atoms with Crippen LogP contribution in [0.3, 0.4) is 0 Å². The van der Waals surface area contributed by atoms with E-state index in [-0.39, 0.29) is 31.1 Å². The summed E-state index contributed by atoms with van der Waals surface area (Å²) in [5.74, 6) is -0.982. The zero-order valence-electron chi connectivity index (χ0n) is 47.1. The Morgan fingerprint density at radius 2 is 0.534 bits per heavy atom. The topological polar surface area (TPSA) is 78.9 Å². The number of allylic oxidation sites excluding steroid dienone is 22. The van der Waals surface area contributed by atoms with Crippen LogP contribution in [0.2, 0.25) is 0 Å². The highest BCUT2D eigenvalue weighted by Gasteiger charge is 2.19.